The molecule has 0 atom stereocenters. The largest absolute Gasteiger partial charge is 0.497 e. The highest BCUT2D eigenvalue weighted by Gasteiger charge is 2.18. The summed E-state index contributed by atoms with van der Waals surface area (Å²) < 4.78 is 36.1. The van der Waals surface area contributed by atoms with Crippen molar-refractivity contribution < 1.29 is 22.7 Å². The van der Waals surface area contributed by atoms with Crippen LogP contribution in [0.2, 0.25) is 10.0 Å². The van der Waals surface area contributed by atoms with Crippen LogP contribution in [0, 0.1) is 0 Å². The van der Waals surface area contributed by atoms with E-state index in [4.69, 9.17) is 32.7 Å². The molecule has 0 saturated heterocycles. The maximum Gasteiger partial charge on any atom is 0.232 e. The van der Waals surface area contributed by atoms with Crippen LogP contribution in [0.4, 0.5) is 5.69 Å². The first-order valence-electron chi connectivity index (χ1n) is 9.17. The van der Waals surface area contributed by atoms with Gasteiger partial charge in [0.05, 0.1) is 35.6 Å². The summed E-state index contributed by atoms with van der Waals surface area (Å²) in [6, 6.07) is 11.8. The summed E-state index contributed by atoms with van der Waals surface area (Å²) in [5, 5.41) is 3.35. The lowest BCUT2D eigenvalue weighted by atomic mass is 10.2. The van der Waals surface area contributed by atoms with E-state index in [9.17, 15) is 13.2 Å². The predicted molar refractivity (Wildman–Crippen MR) is 119 cm³/mol. The maximum atomic E-state index is 12.1. The third kappa shape index (κ3) is 7.59. The van der Waals surface area contributed by atoms with Crippen LogP contribution in [0.15, 0.2) is 42.5 Å². The van der Waals surface area contributed by atoms with Crippen LogP contribution in [-0.4, -0.2) is 47.4 Å². The van der Waals surface area contributed by atoms with Gasteiger partial charge in [-0.25, -0.2) is 8.42 Å². The first kappa shape index (κ1) is 24.1. The molecule has 0 heterocycles. The number of hydrogen-bond donors (Lipinski definition) is 1. The standard InChI is InChI=1S/C20H24Cl2N2O5S/c1-28-16-5-3-6-17(14-16)29-12-10-23-20(25)7-4-11-24(30(2,26)27)15-8-9-18(21)19(22)13-15/h3,5-6,8-9,13-14H,4,7,10-12H2,1-2H3,(H,23,25). The summed E-state index contributed by atoms with van der Waals surface area (Å²) in [5.41, 5.74) is 0.402. The fourth-order valence-electron chi connectivity index (χ4n) is 2.65. The van der Waals surface area contributed by atoms with Crippen LogP contribution in [0.5, 0.6) is 11.5 Å². The summed E-state index contributed by atoms with van der Waals surface area (Å²) in [4.78, 5) is 12.0. The van der Waals surface area contributed by atoms with Gasteiger partial charge in [0.15, 0.2) is 0 Å². The molecule has 1 amide bonds. The summed E-state index contributed by atoms with van der Waals surface area (Å²) >= 11 is 11.9. The number of ether oxygens (including phenoxy) is 2. The Balaban J connectivity index is 1.77. The Bertz CT molecular complexity index is 969. The molecular weight excluding hydrogens is 451 g/mol. The van der Waals surface area contributed by atoms with Gasteiger partial charge in [0.25, 0.3) is 0 Å². The quantitative estimate of drug-likeness (QED) is 0.501. The zero-order valence-corrected chi connectivity index (χ0v) is 19.1. The number of anilines is 1. The normalized spacial score (nSPS) is 11.1. The number of methoxy groups -OCH3 is 1. The van der Waals surface area contributed by atoms with Gasteiger partial charge < -0.3 is 14.8 Å². The number of amides is 1. The smallest absolute Gasteiger partial charge is 0.232 e. The molecule has 0 aliphatic rings. The highest BCUT2D eigenvalue weighted by molar-refractivity contribution is 7.92. The minimum absolute atomic E-state index is 0.143. The van der Waals surface area contributed by atoms with Gasteiger partial charge in [-0.15, -0.1) is 0 Å². The van der Waals surface area contributed by atoms with Crippen LogP contribution in [-0.2, 0) is 14.8 Å². The Morgan fingerprint density at radius 2 is 1.83 bits per heavy atom. The minimum Gasteiger partial charge on any atom is -0.497 e. The molecule has 0 radical (unpaired) electrons. The fourth-order valence-corrected chi connectivity index (χ4v) is 3.90. The fraction of sp³-hybridized carbons (Fsp3) is 0.350. The predicted octanol–water partition coefficient (Wildman–Crippen LogP) is 3.74. The third-order valence-corrected chi connectivity index (χ3v) is 6.02. The van der Waals surface area contributed by atoms with Crippen LogP contribution in [0.1, 0.15) is 12.8 Å². The van der Waals surface area contributed by atoms with Crippen molar-refractivity contribution in [3.63, 3.8) is 0 Å². The van der Waals surface area contributed by atoms with E-state index in [1.807, 2.05) is 12.1 Å². The highest BCUT2D eigenvalue weighted by Crippen LogP contribution is 2.28. The molecule has 164 valence electrons. The molecule has 2 aromatic carbocycles. The highest BCUT2D eigenvalue weighted by atomic mass is 35.5. The second-order valence-corrected chi connectivity index (χ2v) is 9.14. The van der Waals surface area contributed by atoms with Gasteiger partial charge in [0, 0.05) is 19.0 Å². The molecule has 10 heteroatoms. The lowest BCUT2D eigenvalue weighted by Gasteiger charge is -2.22. The Morgan fingerprint density at radius 1 is 1.10 bits per heavy atom. The van der Waals surface area contributed by atoms with Gasteiger partial charge in [-0.1, -0.05) is 29.3 Å². The van der Waals surface area contributed by atoms with Gasteiger partial charge in [-0.2, -0.15) is 0 Å². The summed E-state index contributed by atoms with van der Waals surface area (Å²) in [6.45, 7) is 0.779. The van der Waals surface area contributed by atoms with Crippen LogP contribution in [0.25, 0.3) is 0 Å². The zero-order valence-electron chi connectivity index (χ0n) is 16.7. The summed E-state index contributed by atoms with van der Waals surface area (Å²) in [5.74, 6) is 1.15. The molecule has 0 unspecified atom stereocenters. The molecule has 0 aliphatic heterocycles. The van der Waals surface area contributed by atoms with E-state index in [-0.39, 0.29) is 23.9 Å². The van der Waals surface area contributed by atoms with E-state index in [0.29, 0.717) is 41.8 Å². The molecule has 2 rings (SSSR count). The first-order chi connectivity index (χ1) is 14.2. The van der Waals surface area contributed by atoms with Crippen molar-refractivity contribution in [2.24, 2.45) is 0 Å². The number of halogens is 2. The molecule has 7 nitrogen and oxygen atoms in total. The Labute approximate surface area is 186 Å². The SMILES string of the molecule is COc1cccc(OCCNC(=O)CCCN(c2ccc(Cl)c(Cl)c2)S(C)(=O)=O)c1. The van der Waals surface area contributed by atoms with E-state index in [0.717, 1.165) is 6.26 Å². The van der Waals surface area contributed by atoms with Crippen molar-refractivity contribution >= 4 is 44.8 Å². The van der Waals surface area contributed by atoms with Crippen LogP contribution in [0.3, 0.4) is 0 Å². The molecule has 0 saturated carbocycles. The Morgan fingerprint density at radius 3 is 2.50 bits per heavy atom. The van der Waals surface area contributed by atoms with Gasteiger partial charge >= 0.3 is 0 Å². The zero-order chi connectivity index (χ0) is 22.1. The monoisotopic (exact) mass is 474 g/mol. The topological polar surface area (TPSA) is 84.9 Å². The van der Waals surface area contributed by atoms with Gasteiger partial charge in [0.2, 0.25) is 15.9 Å². The Hall–Kier alpha value is -2.16. The number of sulfonamides is 1. The van der Waals surface area contributed by atoms with Crippen molar-refractivity contribution in [1.82, 2.24) is 5.32 Å². The molecule has 30 heavy (non-hydrogen) atoms. The summed E-state index contributed by atoms with van der Waals surface area (Å²) in [6.07, 6.45) is 1.62. The molecule has 0 bridgehead atoms. The number of nitrogens with zero attached hydrogens (tertiary/aromatic N) is 1. The average molecular weight is 475 g/mol. The van der Waals surface area contributed by atoms with Crippen molar-refractivity contribution in [2.45, 2.75) is 12.8 Å². The number of carbonyl (C=O) groups is 1. The molecule has 0 aromatic heterocycles. The van der Waals surface area contributed by atoms with Gasteiger partial charge in [-0.05, 0) is 36.8 Å². The molecule has 0 fully saturated rings. The van der Waals surface area contributed by atoms with Gasteiger partial charge in [-0.3, -0.25) is 9.10 Å². The number of hydrogen-bond acceptors (Lipinski definition) is 5. The molecule has 0 spiro atoms. The van der Waals surface area contributed by atoms with E-state index in [1.54, 1.807) is 25.3 Å². The number of rotatable bonds is 11. The average Bonchev–Trinajstić information content (AvgIpc) is 2.70. The van der Waals surface area contributed by atoms with Crippen molar-refractivity contribution in [3.05, 3.63) is 52.5 Å². The number of nitrogens with one attached hydrogen (secondary N) is 1. The lowest BCUT2D eigenvalue weighted by molar-refractivity contribution is -0.121. The second kappa shape index (κ2) is 11.3. The molecular formula is C20H24Cl2N2O5S. The van der Waals surface area contributed by atoms with E-state index in [1.165, 1.54) is 16.4 Å². The second-order valence-electron chi connectivity index (χ2n) is 6.41. The Kier molecular flexibility index (Phi) is 9.08. The van der Waals surface area contributed by atoms with Crippen LogP contribution >= 0.6 is 23.2 Å². The third-order valence-electron chi connectivity index (χ3n) is 4.09. The minimum atomic E-state index is -3.53. The van der Waals surface area contributed by atoms with Crippen LogP contribution < -0.4 is 19.1 Å². The maximum absolute atomic E-state index is 12.1. The van der Waals surface area contributed by atoms with Crippen molar-refractivity contribution in [2.75, 3.05) is 37.4 Å². The number of carbonyl (C=O) groups excluding carboxylic acids is 1. The van der Waals surface area contributed by atoms with E-state index < -0.39 is 10.0 Å². The van der Waals surface area contributed by atoms with Crippen molar-refractivity contribution in [1.29, 1.82) is 0 Å². The van der Waals surface area contributed by atoms with Gasteiger partial charge in [0.1, 0.15) is 18.1 Å². The van der Waals surface area contributed by atoms with E-state index >= 15 is 0 Å². The van der Waals surface area contributed by atoms with E-state index in [2.05, 4.69) is 5.32 Å². The van der Waals surface area contributed by atoms with Crippen molar-refractivity contribution in [3.8, 4) is 11.5 Å². The molecule has 2 aromatic rings. The number of benzene rings is 2. The first-order valence-corrected chi connectivity index (χ1v) is 11.8. The lowest BCUT2D eigenvalue weighted by Crippen LogP contribution is -2.32. The summed E-state index contributed by atoms with van der Waals surface area (Å²) in [7, 11) is -1.96. The molecule has 1 N–H and O–H groups in total. The molecule has 0 aliphatic carbocycles.